The second-order valence-corrected chi connectivity index (χ2v) is 5.37. The van der Waals surface area contributed by atoms with Gasteiger partial charge in [0.15, 0.2) is 0 Å². The smallest absolute Gasteiger partial charge is 0.110 e. The van der Waals surface area contributed by atoms with E-state index in [0.29, 0.717) is 6.10 Å². The molecule has 0 amide bonds. The van der Waals surface area contributed by atoms with E-state index in [1.807, 2.05) is 23.0 Å². The van der Waals surface area contributed by atoms with Crippen LogP contribution in [0.1, 0.15) is 25.7 Å². The lowest BCUT2D eigenvalue weighted by molar-refractivity contribution is 0.0675. The Morgan fingerprint density at radius 2 is 1.60 bits per heavy atom. The zero-order valence-corrected chi connectivity index (χ0v) is 11.6. The maximum Gasteiger partial charge on any atom is 0.110 e. The largest absolute Gasteiger partial charge is 0.312 e. The highest BCUT2D eigenvalue weighted by Gasteiger charge is 2.27. The molecule has 0 saturated carbocycles. The molecule has 2 aliphatic heterocycles. The second kappa shape index (κ2) is 5.80. The van der Waals surface area contributed by atoms with Gasteiger partial charge in [0, 0.05) is 19.1 Å². The minimum absolute atomic E-state index is 0.508. The summed E-state index contributed by atoms with van der Waals surface area (Å²) in [6.07, 6.45) is 5.65. The van der Waals surface area contributed by atoms with E-state index in [9.17, 15) is 0 Å². The van der Waals surface area contributed by atoms with Gasteiger partial charge in [-0.15, -0.1) is 0 Å². The zero-order valence-electron chi connectivity index (χ0n) is 9.49. The second-order valence-electron chi connectivity index (χ2n) is 4.86. The van der Waals surface area contributed by atoms with Gasteiger partial charge in [-0.1, -0.05) is 0 Å². The molecular weight excluding hydrogens is 303 g/mol. The summed E-state index contributed by atoms with van der Waals surface area (Å²) in [4.78, 5) is 5.12. The van der Waals surface area contributed by atoms with Gasteiger partial charge in [-0.05, 0) is 45.8 Å². The van der Waals surface area contributed by atoms with Crippen LogP contribution in [0.2, 0.25) is 0 Å². The Labute approximate surface area is 107 Å². The molecule has 2 aliphatic rings. The van der Waals surface area contributed by atoms with Crippen LogP contribution < -0.4 is 0 Å². The molecule has 0 atom stereocenters. The van der Waals surface area contributed by atoms with Crippen molar-refractivity contribution >= 4 is 23.0 Å². The SMILES string of the molecule is CN1CCC(N2CCC(OI)CC2)CC1. The molecule has 2 saturated heterocycles. The van der Waals surface area contributed by atoms with Crippen molar-refractivity contribution in [3.8, 4) is 0 Å². The monoisotopic (exact) mass is 324 g/mol. The third-order valence-corrected chi connectivity index (χ3v) is 4.53. The number of hydrogen-bond acceptors (Lipinski definition) is 3. The van der Waals surface area contributed by atoms with Crippen molar-refractivity contribution in [1.29, 1.82) is 0 Å². The third-order valence-electron chi connectivity index (χ3n) is 3.81. The van der Waals surface area contributed by atoms with E-state index in [2.05, 4.69) is 16.8 Å². The van der Waals surface area contributed by atoms with Gasteiger partial charge in [-0.25, -0.2) is 0 Å². The molecule has 15 heavy (non-hydrogen) atoms. The van der Waals surface area contributed by atoms with Gasteiger partial charge >= 0.3 is 0 Å². The molecule has 2 heterocycles. The van der Waals surface area contributed by atoms with Gasteiger partial charge < -0.3 is 12.9 Å². The first-order chi connectivity index (χ1) is 7.29. The molecular formula is C11H21IN2O. The van der Waals surface area contributed by atoms with Gasteiger partial charge in [0.25, 0.3) is 0 Å². The van der Waals surface area contributed by atoms with Crippen LogP contribution in [0.15, 0.2) is 0 Å². The number of nitrogens with zero attached hydrogens (tertiary/aromatic N) is 2. The Morgan fingerprint density at radius 3 is 2.13 bits per heavy atom. The molecule has 4 heteroatoms. The van der Waals surface area contributed by atoms with Crippen LogP contribution >= 0.6 is 23.0 Å². The van der Waals surface area contributed by atoms with Crippen LogP contribution in [-0.4, -0.2) is 55.2 Å². The Morgan fingerprint density at radius 1 is 1.00 bits per heavy atom. The lowest BCUT2D eigenvalue weighted by Crippen LogP contribution is -2.47. The van der Waals surface area contributed by atoms with Crippen LogP contribution in [0.5, 0.6) is 0 Å². The molecule has 0 unspecified atom stereocenters. The van der Waals surface area contributed by atoms with Crippen molar-refractivity contribution < 1.29 is 3.07 Å². The van der Waals surface area contributed by atoms with E-state index in [0.717, 1.165) is 6.04 Å². The van der Waals surface area contributed by atoms with Crippen LogP contribution in [0.25, 0.3) is 0 Å². The molecule has 0 spiro atoms. The normalized spacial score (nSPS) is 28.4. The molecule has 2 fully saturated rings. The molecule has 0 radical (unpaired) electrons. The minimum Gasteiger partial charge on any atom is -0.312 e. The highest BCUT2D eigenvalue weighted by Crippen LogP contribution is 2.22. The first-order valence-electron chi connectivity index (χ1n) is 5.99. The first kappa shape index (κ1) is 12.1. The number of halogens is 1. The predicted molar refractivity (Wildman–Crippen MR) is 70.2 cm³/mol. The summed E-state index contributed by atoms with van der Waals surface area (Å²) in [5.41, 5.74) is 0. The lowest BCUT2D eigenvalue weighted by Gasteiger charge is -2.40. The van der Waals surface area contributed by atoms with Crippen LogP contribution in [-0.2, 0) is 3.07 Å². The minimum atomic E-state index is 0.508. The van der Waals surface area contributed by atoms with Crippen LogP contribution in [0, 0.1) is 0 Å². The van der Waals surface area contributed by atoms with Crippen LogP contribution in [0.3, 0.4) is 0 Å². The average Bonchev–Trinajstić information content (AvgIpc) is 2.30. The molecule has 0 aliphatic carbocycles. The van der Waals surface area contributed by atoms with Gasteiger partial charge in [-0.2, -0.15) is 0 Å². The Hall–Kier alpha value is 0.610. The molecule has 3 nitrogen and oxygen atoms in total. The predicted octanol–water partition coefficient (Wildman–Crippen LogP) is 1.91. The standard InChI is InChI=1S/C11H21IN2O/c1-13-6-2-10(3-7-13)14-8-4-11(15-12)5-9-14/h10-11H,2-9H2,1H3. The first-order valence-corrected chi connectivity index (χ1v) is 6.87. The van der Waals surface area contributed by atoms with E-state index in [4.69, 9.17) is 3.07 Å². The summed E-state index contributed by atoms with van der Waals surface area (Å²) >= 11 is 2.05. The topological polar surface area (TPSA) is 15.7 Å². The molecule has 0 aromatic heterocycles. The van der Waals surface area contributed by atoms with Crippen molar-refractivity contribution in [1.82, 2.24) is 9.80 Å². The Bertz CT molecular complexity index is 187. The highest BCUT2D eigenvalue weighted by molar-refractivity contribution is 14.1. The summed E-state index contributed by atoms with van der Waals surface area (Å²) in [6.45, 7) is 5.02. The number of piperidine rings is 2. The van der Waals surface area contributed by atoms with Gasteiger partial charge in [0.1, 0.15) is 23.0 Å². The van der Waals surface area contributed by atoms with E-state index in [-0.39, 0.29) is 0 Å². The number of hydrogen-bond donors (Lipinski definition) is 0. The average molecular weight is 324 g/mol. The van der Waals surface area contributed by atoms with Crippen molar-refractivity contribution in [2.75, 3.05) is 33.2 Å². The van der Waals surface area contributed by atoms with Gasteiger partial charge in [-0.3, -0.25) is 0 Å². The molecule has 2 rings (SSSR count). The van der Waals surface area contributed by atoms with Crippen molar-refractivity contribution in [2.45, 2.75) is 37.8 Å². The van der Waals surface area contributed by atoms with Crippen molar-refractivity contribution in [3.05, 3.63) is 0 Å². The van der Waals surface area contributed by atoms with E-state index >= 15 is 0 Å². The summed E-state index contributed by atoms with van der Waals surface area (Å²) < 4.78 is 5.38. The van der Waals surface area contributed by atoms with Crippen molar-refractivity contribution in [3.63, 3.8) is 0 Å². The number of rotatable bonds is 2. The van der Waals surface area contributed by atoms with E-state index in [1.54, 1.807) is 0 Å². The lowest BCUT2D eigenvalue weighted by atomic mass is 9.99. The summed E-state index contributed by atoms with van der Waals surface area (Å²) in [6, 6.07) is 0.844. The third kappa shape index (κ3) is 3.28. The highest BCUT2D eigenvalue weighted by atomic mass is 127. The van der Waals surface area contributed by atoms with E-state index in [1.165, 1.54) is 51.9 Å². The summed E-state index contributed by atoms with van der Waals surface area (Å²) in [7, 11) is 2.23. The molecule has 88 valence electrons. The van der Waals surface area contributed by atoms with Crippen molar-refractivity contribution in [2.24, 2.45) is 0 Å². The molecule has 0 bridgehead atoms. The number of likely N-dealkylation sites (tertiary alicyclic amines) is 2. The van der Waals surface area contributed by atoms with Gasteiger partial charge in [0.2, 0.25) is 0 Å². The summed E-state index contributed by atoms with van der Waals surface area (Å²) in [5, 5.41) is 0. The fourth-order valence-corrected chi connectivity index (χ4v) is 3.20. The fraction of sp³-hybridized carbons (Fsp3) is 1.00. The van der Waals surface area contributed by atoms with Gasteiger partial charge in [0.05, 0.1) is 6.10 Å². The fourth-order valence-electron chi connectivity index (χ4n) is 2.69. The Balaban J connectivity index is 1.75. The maximum atomic E-state index is 5.38. The molecule has 0 N–H and O–H groups in total. The quantitative estimate of drug-likeness (QED) is 0.722. The zero-order chi connectivity index (χ0) is 10.7. The molecule has 0 aromatic rings. The van der Waals surface area contributed by atoms with Crippen LogP contribution in [0.4, 0.5) is 0 Å². The molecule has 0 aromatic carbocycles. The summed E-state index contributed by atoms with van der Waals surface area (Å²) in [5.74, 6) is 0. The van der Waals surface area contributed by atoms with E-state index < -0.39 is 0 Å². The maximum absolute atomic E-state index is 5.38. The Kier molecular flexibility index (Phi) is 4.67.